The van der Waals surface area contributed by atoms with Gasteiger partial charge in [-0.2, -0.15) is 8.42 Å². The number of hydrogen-bond acceptors (Lipinski definition) is 3. The van der Waals surface area contributed by atoms with Crippen LogP contribution < -0.4 is 0 Å². The number of imidazole rings is 1. The normalized spacial score (nSPS) is 13.5. The maximum atomic E-state index is 12.8. The first-order valence-corrected chi connectivity index (χ1v) is 6.45. The highest BCUT2D eigenvalue weighted by Crippen LogP contribution is 2.23. The van der Waals surface area contributed by atoms with Gasteiger partial charge in [-0.3, -0.25) is 0 Å². The minimum absolute atomic E-state index is 0.427. The van der Waals surface area contributed by atoms with Crippen molar-refractivity contribution < 1.29 is 12.3 Å². The van der Waals surface area contributed by atoms with Gasteiger partial charge in [-0.1, -0.05) is 12.1 Å². The lowest BCUT2D eigenvalue weighted by molar-refractivity contribution is 0.540. The molecule has 0 bridgehead atoms. The Labute approximate surface area is 98.9 Å². The van der Waals surface area contributed by atoms with Gasteiger partial charge in [0.05, 0.1) is 6.33 Å². The largest absolute Gasteiger partial charge is 0.309 e. The summed E-state index contributed by atoms with van der Waals surface area (Å²) in [5.74, 6) is 0. The van der Waals surface area contributed by atoms with Gasteiger partial charge in [0, 0.05) is 18.1 Å². The molecule has 17 heavy (non-hydrogen) atoms. The number of rotatable bonds is 3. The number of benzene rings is 1. The SMILES string of the molecule is CC(c1ccc(-n2ccnc2)cc1)S(=O)(=O)F. The quantitative estimate of drug-likeness (QED) is 0.789. The van der Waals surface area contributed by atoms with Crippen molar-refractivity contribution >= 4 is 10.2 Å². The van der Waals surface area contributed by atoms with Gasteiger partial charge >= 0.3 is 10.2 Å². The molecule has 0 saturated heterocycles. The number of nitrogens with zero attached hydrogens (tertiary/aromatic N) is 2. The molecule has 2 aromatic rings. The number of hydrogen-bond donors (Lipinski definition) is 0. The summed E-state index contributed by atoms with van der Waals surface area (Å²) in [6, 6.07) is 6.63. The van der Waals surface area contributed by atoms with Crippen LogP contribution >= 0.6 is 0 Å². The molecule has 2 rings (SSSR count). The third kappa shape index (κ3) is 2.52. The second-order valence-corrected chi connectivity index (χ2v) is 5.34. The average Bonchev–Trinajstić information content (AvgIpc) is 2.80. The molecule has 0 aliphatic carbocycles. The van der Waals surface area contributed by atoms with Crippen molar-refractivity contribution in [2.45, 2.75) is 12.2 Å². The van der Waals surface area contributed by atoms with Gasteiger partial charge in [-0.25, -0.2) is 4.98 Å². The highest BCUT2D eigenvalue weighted by atomic mass is 32.3. The summed E-state index contributed by atoms with van der Waals surface area (Å²) in [7, 11) is -4.54. The lowest BCUT2D eigenvalue weighted by Crippen LogP contribution is -2.04. The summed E-state index contributed by atoms with van der Waals surface area (Å²) in [4.78, 5) is 3.90. The lowest BCUT2D eigenvalue weighted by atomic mass is 10.1. The van der Waals surface area contributed by atoms with Gasteiger partial charge in [0.15, 0.2) is 0 Å². The predicted octanol–water partition coefficient (Wildman–Crippen LogP) is 2.23. The third-order valence-electron chi connectivity index (χ3n) is 2.59. The molecular formula is C11H11FN2O2S. The highest BCUT2D eigenvalue weighted by Gasteiger charge is 2.21. The molecule has 1 aromatic carbocycles. The van der Waals surface area contributed by atoms with Crippen LogP contribution in [-0.4, -0.2) is 18.0 Å². The van der Waals surface area contributed by atoms with Crippen LogP contribution in [0.25, 0.3) is 5.69 Å². The zero-order valence-corrected chi connectivity index (χ0v) is 9.93. The minimum atomic E-state index is -4.54. The van der Waals surface area contributed by atoms with Crippen molar-refractivity contribution in [3.8, 4) is 5.69 Å². The van der Waals surface area contributed by atoms with E-state index in [0.717, 1.165) is 5.69 Å². The molecule has 6 heteroatoms. The zero-order chi connectivity index (χ0) is 12.5. The monoisotopic (exact) mass is 254 g/mol. The Balaban J connectivity index is 2.31. The van der Waals surface area contributed by atoms with E-state index < -0.39 is 15.5 Å². The molecule has 1 unspecified atom stereocenters. The maximum absolute atomic E-state index is 12.8. The van der Waals surface area contributed by atoms with Crippen LogP contribution in [0.4, 0.5) is 3.89 Å². The Kier molecular flexibility index (Phi) is 2.97. The Morgan fingerprint density at radius 1 is 1.29 bits per heavy atom. The predicted molar refractivity (Wildman–Crippen MR) is 62.0 cm³/mol. The third-order valence-corrected chi connectivity index (χ3v) is 3.70. The minimum Gasteiger partial charge on any atom is -0.306 e. The highest BCUT2D eigenvalue weighted by molar-refractivity contribution is 7.86. The van der Waals surface area contributed by atoms with Crippen LogP contribution in [0.3, 0.4) is 0 Å². The van der Waals surface area contributed by atoms with E-state index in [4.69, 9.17) is 0 Å². The molecule has 90 valence electrons. The smallest absolute Gasteiger partial charge is 0.306 e. The summed E-state index contributed by atoms with van der Waals surface area (Å²) in [6.07, 6.45) is 5.04. The first-order valence-electron chi connectivity index (χ1n) is 5.00. The average molecular weight is 254 g/mol. The molecule has 0 fully saturated rings. The van der Waals surface area contributed by atoms with E-state index in [9.17, 15) is 12.3 Å². The van der Waals surface area contributed by atoms with Crippen molar-refractivity contribution in [2.75, 3.05) is 0 Å². The van der Waals surface area contributed by atoms with Crippen molar-refractivity contribution in [3.05, 3.63) is 48.5 Å². The molecule has 4 nitrogen and oxygen atoms in total. The first-order chi connectivity index (χ1) is 7.98. The Hall–Kier alpha value is -1.69. The molecular weight excluding hydrogens is 243 g/mol. The second-order valence-electron chi connectivity index (χ2n) is 3.68. The number of aromatic nitrogens is 2. The van der Waals surface area contributed by atoms with Crippen molar-refractivity contribution in [1.29, 1.82) is 0 Å². The van der Waals surface area contributed by atoms with Crippen LogP contribution in [0.5, 0.6) is 0 Å². The van der Waals surface area contributed by atoms with E-state index >= 15 is 0 Å². The Bertz CT molecular complexity index is 591. The van der Waals surface area contributed by atoms with Gasteiger partial charge in [-0.15, -0.1) is 3.89 Å². The maximum Gasteiger partial charge on any atom is 0.309 e. The molecule has 1 atom stereocenters. The van der Waals surface area contributed by atoms with Crippen molar-refractivity contribution in [1.82, 2.24) is 9.55 Å². The summed E-state index contributed by atoms with van der Waals surface area (Å²) in [5, 5.41) is -1.14. The van der Waals surface area contributed by atoms with E-state index in [1.54, 1.807) is 47.6 Å². The van der Waals surface area contributed by atoms with Gasteiger partial charge in [-0.05, 0) is 24.6 Å². The van der Waals surface area contributed by atoms with Crippen LogP contribution in [0.1, 0.15) is 17.7 Å². The molecule has 0 saturated carbocycles. The molecule has 1 aromatic heterocycles. The lowest BCUT2D eigenvalue weighted by Gasteiger charge is -2.08. The van der Waals surface area contributed by atoms with Gasteiger partial charge in [0.2, 0.25) is 0 Å². The Morgan fingerprint density at radius 2 is 1.94 bits per heavy atom. The molecule has 0 N–H and O–H groups in total. The summed E-state index contributed by atoms with van der Waals surface area (Å²) < 4.78 is 36.1. The van der Waals surface area contributed by atoms with E-state index in [0.29, 0.717) is 5.56 Å². The molecule has 0 radical (unpaired) electrons. The van der Waals surface area contributed by atoms with Gasteiger partial charge in [0.25, 0.3) is 0 Å². The molecule has 0 amide bonds. The molecule has 0 spiro atoms. The fourth-order valence-electron chi connectivity index (χ4n) is 1.49. The van der Waals surface area contributed by atoms with Crippen molar-refractivity contribution in [2.24, 2.45) is 0 Å². The fourth-order valence-corrected chi connectivity index (χ4v) is 1.97. The van der Waals surface area contributed by atoms with E-state index in [1.165, 1.54) is 6.92 Å². The van der Waals surface area contributed by atoms with Gasteiger partial charge < -0.3 is 4.57 Å². The van der Waals surface area contributed by atoms with Crippen LogP contribution in [0.15, 0.2) is 43.0 Å². The first kappa shape index (κ1) is 11.8. The zero-order valence-electron chi connectivity index (χ0n) is 9.12. The summed E-state index contributed by atoms with van der Waals surface area (Å²) >= 11 is 0. The van der Waals surface area contributed by atoms with Crippen LogP contribution in [0, 0.1) is 0 Å². The van der Waals surface area contributed by atoms with Crippen LogP contribution in [0.2, 0.25) is 0 Å². The van der Waals surface area contributed by atoms with Crippen molar-refractivity contribution in [3.63, 3.8) is 0 Å². The summed E-state index contributed by atoms with van der Waals surface area (Å²) in [6.45, 7) is 1.32. The van der Waals surface area contributed by atoms with Crippen LogP contribution in [-0.2, 0) is 10.2 Å². The van der Waals surface area contributed by atoms with E-state index in [1.807, 2.05) is 0 Å². The standard InChI is InChI=1S/C11H11FN2O2S/c1-9(17(12,15)16)10-2-4-11(5-3-10)14-7-6-13-8-14/h2-9H,1H3. The molecule has 0 aliphatic heterocycles. The Morgan fingerprint density at radius 3 is 2.41 bits per heavy atom. The summed E-state index contributed by atoms with van der Waals surface area (Å²) in [5.41, 5.74) is 1.27. The molecule has 0 aliphatic rings. The van der Waals surface area contributed by atoms with Gasteiger partial charge in [0.1, 0.15) is 5.25 Å². The van der Waals surface area contributed by atoms with E-state index in [-0.39, 0.29) is 0 Å². The van der Waals surface area contributed by atoms with E-state index in [2.05, 4.69) is 4.98 Å². The number of halogens is 1. The topological polar surface area (TPSA) is 52.0 Å². The fraction of sp³-hybridized carbons (Fsp3) is 0.182. The molecule has 1 heterocycles. The second kappa shape index (κ2) is 4.29.